The lowest BCUT2D eigenvalue weighted by atomic mass is 10.2. The number of carbonyl (C=O) groups excluding carboxylic acids is 2. The van der Waals surface area contributed by atoms with E-state index in [0.29, 0.717) is 18.4 Å². The Balaban J connectivity index is 2.69. The van der Waals surface area contributed by atoms with Crippen LogP contribution < -0.4 is 10.0 Å². The van der Waals surface area contributed by atoms with E-state index in [0.717, 1.165) is 12.8 Å². The van der Waals surface area contributed by atoms with Gasteiger partial charge in [-0.1, -0.05) is 25.5 Å². The summed E-state index contributed by atoms with van der Waals surface area (Å²) in [6, 6.07) is 4.53. The Kier molecular flexibility index (Phi) is 5.50. The molecule has 0 heterocycles. The molecule has 1 aromatic carbocycles. The van der Waals surface area contributed by atoms with Gasteiger partial charge in [0, 0.05) is 12.1 Å². The van der Waals surface area contributed by atoms with E-state index in [1.54, 1.807) is 0 Å². The highest BCUT2D eigenvalue weighted by Gasteiger charge is 2.16. The minimum absolute atomic E-state index is 0.0660. The number of benzene rings is 1. The number of hydrogen-bond acceptors (Lipinski definition) is 4. The Morgan fingerprint density at radius 3 is 2.42 bits per heavy atom. The maximum absolute atomic E-state index is 11.8. The standard InChI is InChI=1S/C12H16N2O4S/c1-2-3-8-13-12(16)14-19(17,18)11-6-4-10(9-15)5-7-11/h4-7,9H,2-3,8H2,1H3,(H2,13,14,16). The van der Waals surface area contributed by atoms with Gasteiger partial charge in [-0.25, -0.2) is 17.9 Å². The van der Waals surface area contributed by atoms with E-state index in [9.17, 15) is 18.0 Å². The lowest BCUT2D eigenvalue weighted by molar-refractivity contribution is 0.112. The van der Waals surface area contributed by atoms with E-state index in [4.69, 9.17) is 0 Å². The molecule has 1 rings (SSSR count). The van der Waals surface area contributed by atoms with Crippen LogP contribution in [0.15, 0.2) is 29.2 Å². The zero-order chi connectivity index (χ0) is 14.3. The summed E-state index contributed by atoms with van der Waals surface area (Å²) in [6.07, 6.45) is 2.29. The molecule has 104 valence electrons. The van der Waals surface area contributed by atoms with Crippen LogP contribution in [0, 0.1) is 0 Å². The number of rotatable bonds is 6. The molecule has 0 aliphatic rings. The molecule has 2 amide bonds. The van der Waals surface area contributed by atoms with Crippen LogP contribution in [0.1, 0.15) is 30.1 Å². The Labute approximate surface area is 112 Å². The highest BCUT2D eigenvalue weighted by molar-refractivity contribution is 7.90. The molecule has 6 nitrogen and oxygen atoms in total. The van der Waals surface area contributed by atoms with Gasteiger partial charge in [-0.2, -0.15) is 0 Å². The maximum Gasteiger partial charge on any atom is 0.328 e. The van der Waals surface area contributed by atoms with Crippen LogP contribution in [0.4, 0.5) is 4.79 Å². The first-order chi connectivity index (χ1) is 8.99. The SMILES string of the molecule is CCCCNC(=O)NS(=O)(=O)c1ccc(C=O)cc1. The van der Waals surface area contributed by atoms with Gasteiger partial charge in [-0.05, 0) is 18.6 Å². The molecule has 2 N–H and O–H groups in total. The number of unbranched alkanes of at least 4 members (excludes halogenated alkanes) is 1. The van der Waals surface area contributed by atoms with E-state index in [2.05, 4.69) is 5.32 Å². The van der Waals surface area contributed by atoms with Crippen molar-refractivity contribution in [1.29, 1.82) is 0 Å². The van der Waals surface area contributed by atoms with Gasteiger partial charge >= 0.3 is 6.03 Å². The van der Waals surface area contributed by atoms with Gasteiger partial charge in [0.15, 0.2) is 0 Å². The van der Waals surface area contributed by atoms with Crippen LogP contribution in [0.3, 0.4) is 0 Å². The van der Waals surface area contributed by atoms with E-state index in [1.807, 2.05) is 11.6 Å². The second-order valence-corrected chi connectivity index (χ2v) is 5.58. The number of urea groups is 1. The number of carbonyl (C=O) groups is 2. The molecule has 0 aromatic heterocycles. The van der Waals surface area contributed by atoms with Crippen LogP contribution >= 0.6 is 0 Å². The van der Waals surface area contributed by atoms with E-state index in [1.165, 1.54) is 24.3 Å². The molecular weight excluding hydrogens is 268 g/mol. The van der Waals surface area contributed by atoms with Crippen molar-refractivity contribution in [1.82, 2.24) is 10.0 Å². The van der Waals surface area contributed by atoms with Crippen molar-refractivity contribution in [3.63, 3.8) is 0 Å². The number of amides is 2. The maximum atomic E-state index is 11.8. The van der Waals surface area contributed by atoms with Gasteiger partial charge in [-0.15, -0.1) is 0 Å². The van der Waals surface area contributed by atoms with E-state index in [-0.39, 0.29) is 4.90 Å². The molecule has 0 unspecified atom stereocenters. The molecule has 0 radical (unpaired) electrons. The molecular formula is C12H16N2O4S. The fourth-order valence-corrected chi connectivity index (χ4v) is 2.25. The number of aldehydes is 1. The minimum Gasteiger partial charge on any atom is -0.337 e. The third-order valence-corrected chi connectivity index (χ3v) is 3.72. The summed E-state index contributed by atoms with van der Waals surface area (Å²) in [7, 11) is -3.90. The zero-order valence-electron chi connectivity index (χ0n) is 10.5. The average molecular weight is 284 g/mol. The molecule has 0 saturated carbocycles. The molecule has 0 fully saturated rings. The molecule has 0 aliphatic carbocycles. The third kappa shape index (κ3) is 4.70. The average Bonchev–Trinajstić information content (AvgIpc) is 2.38. The van der Waals surface area contributed by atoms with Crippen molar-refractivity contribution < 1.29 is 18.0 Å². The van der Waals surface area contributed by atoms with Gasteiger partial charge < -0.3 is 5.32 Å². The lowest BCUT2D eigenvalue weighted by Crippen LogP contribution is -2.39. The second-order valence-electron chi connectivity index (χ2n) is 3.90. The van der Waals surface area contributed by atoms with Crippen LogP contribution in [0.25, 0.3) is 0 Å². The first kappa shape index (κ1) is 15.2. The van der Waals surface area contributed by atoms with Gasteiger partial charge in [0.25, 0.3) is 10.0 Å². The number of hydrogen-bond donors (Lipinski definition) is 2. The van der Waals surface area contributed by atoms with Crippen molar-refractivity contribution in [2.24, 2.45) is 0 Å². The monoisotopic (exact) mass is 284 g/mol. The summed E-state index contributed by atoms with van der Waals surface area (Å²) in [5.74, 6) is 0. The van der Waals surface area contributed by atoms with Crippen LogP contribution in [-0.2, 0) is 10.0 Å². The van der Waals surface area contributed by atoms with Crippen molar-refractivity contribution in [2.45, 2.75) is 24.7 Å². The van der Waals surface area contributed by atoms with Gasteiger partial charge in [0.05, 0.1) is 4.90 Å². The van der Waals surface area contributed by atoms with Crippen molar-refractivity contribution >= 4 is 22.3 Å². The molecule has 0 spiro atoms. The largest absolute Gasteiger partial charge is 0.337 e. The predicted molar refractivity (Wildman–Crippen MR) is 70.5 cm³/mol. The van der Waals surface area contributed by atoms with Gasteiger partial charge in [0.1, 0.15) is 6.29 Å². The summed E-state index contributed by atoms with van der Waals surface area (Å²) in [5.41, 5.74) is 0.367. The third-order valence-electron chi connectivity index (χ3n) is 2.37. The van der Waals surface area contributed by atoms with Gasteiger partial charge in [-0.3, -0.25) is 4.79 Å². The number of sulfonamides is 1. The van der Waals surface area contributed by atoms with Crippen molar-refractivity contribution in [3.8, 4) is 0 Å². The fraction of sp³-hybridized carbons (Fsp3) is 0.333. The van der Waals surface area contributed by atoms with Crippen LogP contribution in [0.5, 0.6) is 0 Å². The molecule has 0 saturated heterocycles. The zero-order valence-corrected chi connectivity index (χ0v) is 11.4. The van der Waals surface area contributed by atoms with Crippen molar-refractivity contribution in [2.75, 3.05) is 6.54 Å². The molecule has 7 heteroatoms. The highest BCUT2D eigenvalue weighted by atomic mass is 32.2. The Morgan fingerprint density at radius 1 is 1.26 bits per heavy atom. The minimum atomic E-state index is -3.90. The van der Waals surface area contributed by atoms with E-state index >= 15 is 0 Å². The molecule has 0 atom stereocenters. The van der Waals surface area contributed by atoms with Gasteiger partial charge in [0.2, 0.25) is 0 Å². The molecule has 0 aliphatic heterocycles. The Morgan fingerprint density at radius 2 is 1.89 bits per heavy atom. The lowest BCUT2D eigenvalue weighted by Gasteiger charge is -2.08. The first-order valence-electron chi connectivity index (χ1n) is 5.85. The summed E-state index contributed by atoms with van der Waals surface area (Å²) < 4.78 is 25.5. The summed E-state index contributed by atoms with van der Waals surface area (Å²) in [6.45, 7) is 2.38. The summed E-state index contributed by atoms with van der Waals surface area (Å²) in [5, 5.41) is 2.45. The smallest absolute Gasteiger partial charge is 0.328 e. The van der Waals surface area contributed by atoms with Crippen molar-refractivity contribution in [3.05, 3.63) is 29.8 Å². The topological polar surface area (TPSA) is 92.3 Å². The quantitative estimate of drug-likeness (QED) is 0.608. The normalized spacial score (nSPS) is 10.8. The molecule has 19 heavy (non-hydrogen) atoms. The Hall–Kier alpha value is -1.89. The predicted octanol–water partition coefficient (Wildman–Crippen LogP) is 1.29. The molecule has 0 bridgehead atoms. The van der Waals surface area contributed by atoms with Crippen LogP contribution in [0.2, 0.25) is 0 Å². The second kappa shape index (κ2) is 6.89. The van der Waals surface area contributed by atoms with E-state index < -0.39 is 16.1 Å². The Bertz CT molecular complexity index is 537. The number of nitrogens with one attached hydrogen (secondary N) is 2. The fourth-order valence-electron chi connectivity index (χ4n) is 1.32. The first-order valence-corrected chi connectivity index (χ1v) is 7.34. The summed E-state index contributed by atoms with van der Waals surface area (Å²) >= 11 is 0. The van der Waals surface area contributed by atoms with Crippen LogP contribution in [-0.4, -0.2) is 27.3 Å². The highest BCUT2D eigenvalue weighted by Crippen LogP contribution is 2.09. The summed E-state index contributed by atoms with van der Waals surface area (Å²) in [4.78, 5) is 21.8. The molecule has 1 aromatic rings.